The minimum absolute atomic E-state index is 0.420. The number of nitrogens with two attached hydrogens (primary N) is 1. The molecule has 0 saturated heterocycles. The molecule has 4 N–H and O–H groups in total. The van der Waals surface area contributed by atoms with Crippen molar-refractivity contribution >= 4 is 40.6 Å². The molecule has 0 fully saturated rings. The van der Waals surface area contributed by atoms with Crippen molar-refractivity contribution in [3.63, 3.8) is 0 Å². The first-order valence-corrected chi connectivity index (χ1v) is 7.84. The summed E-state index contributed by atoms with van der Waals surface area (Å²) >= 11 is 1.56. The summed E-state index contributed by atoms with van der Waals surface area (Å²) in [6, 6.07) is 12.5. The molecule has 2 aromatic rings. The first kappa shape index (κ1) is 15.9. The lowest BCUT2D eigenvalue weighted by Gasteiger charge is -2.09. The standard InChI is InChI=1S/C16H17N3O2S/c1-10-6-7-14(13(17)8-10)19-16(21)15(20)18-11-4-3-5-12(9-11)22-2/h3-9H,17H2,1-2H3,(H,18,20)(H,19,21). The number of nitrogens with one attached hydrogen (secondary N) is 2. The number of amides is 2. The zero-order valence-corrected chi connectivity index (χ0v) is 13.2. The smallest absolute Gasteiger partial charge is 0.314 e. The average Bonchev–Trinajstić information content (AvgIpc) is 2.50. The fourth-order valence-electron chi connectivity index (χ4n) is 1.86. The van der Waals surface area contributed by atoms with Gasteiger partial charge in [0.25, 0.3) is 0 Å². The van der Waals surface area contributed by atoms with E-state index in [0.717, 1.165) is 10.5 Å². The van der Waals surface area contributed by atoms with Crippen LogP contribution in [-0.2, 0) is 9.59 Å². The predicted octanol–water partition coefficient (Wildman–Crippen LogP) is 2.88. The molecule has 0 radical (unpaired) electrons. The highest BCUT2D eigenvalue weighted by molar-refractivity contribution is 7.98. The molecule has 2 aromatic carbocycles. The molecule has 22 heavy (non-hydrogen) atoms. The Hall–Kier alpha value is -2.47. The molecule has 0 aliphatic carbocycles. The molecule has 0 heterocycles. The molecule has 0 aliphatic rings. The van der Waals surface area contributed by atoms with E-state index < -0.39 is 11.8 Å². The number of rotatable bonds is 3. The van der Waals surface area contributed by atoms with Crippen LogP contribution in [-0.4, -0.2) is 18.1 Å². The summed E-state index contributed by atoms with van der Waals surface area (Å²) < 4.78 is 0. The Morgan fingerprint density at radius 2 is 1.77 bits per heavy atom. The van der Waals surface area contributed by atoms with Crippen LogP contribution in [0, 0.1) is 6.92 Å². The lowest BCUT2D eigenvalue weighted by atomic mass is 10.2. The molecule has 2 amide bonds. The fraction of sp³-hybridized carbons (Fsp3) is 0.125. The van der Waals surface area contributed by atoms with Crippen LogP contribution in [0.25, 0.3) is 0 Å². The van der Waals surface area contributed by atoms with Crippen LogP contribution in [0.1, 0.15) is 5.56 Å². The van der Waals surface area contributed by atoms with Gasteiger partial charge < -0.3 is 16.4 Å². The molecule has 0 atom stereocenters. The maximum absolute atomic E-state index is 11.9. The van der Waals surface area contributed by atoms with Crippen molar-refractivity contribution in [1.82, 2.24) is 0 Å². The number of hydrogen-bond donors (Lipinski definition) is 3. The third-order valence-corrected chi connectivity index (χ3v) is 3.71. The number of hydrogen-bond acceptors (Lipinski definition) is 4. The lowest BCUT2D eigenvalue weighted by Crippen LogP contribution is -2.29. The van der Waals surface area contributed by atoms with Gasteiger partial charge in [-0.3, -0.25) is 9.59 Å². The second kappa shape index (κ2) is 7.00. The molecule has 5 nitrogen and oxygen atoms in total. The summed E-state index contributed by atoms with van der Waals surface area (Å²) in [7, 11) is 0. The molecule has 0 aliphatic heterocycles. The van der Waals surface area contributed by atoms with Crippen molar-refractivity contribution in [2.45, 2.75) is 11.8 Å². The Bertz CT molecular complexity index is 716. The molecule has 0 bridgehead atoms. The molecule has 114 valence electrons. The van der Waals surface area contributed by atoms with Crippen molar-refractivity contribution < 1.29 is 9.59 Å². The van der Waals surface area contributed by atoms with Gasteiger partial charge in [0.15, 0.2) is 0 Å². The molecular formula is C16H17N3O2S. The van der Waals surface area contributed by atoms with E-state index in [1.54, 1.807) is 36.0 Å². The first-order valence-electron chi connectivity index (χ1n) is 6.62. The van der Waals surface area contributed by atoms with E-state index in [1.807, 2.05) is 31.4 Å². The zero-order chi connectivity index (χ0) is 16.1. The topological polar surface area (TPSA) is 84.2 Å². The summed E-state index contributed by atoms with van der Waals surface area (Å²) in [6.07, 6.45) is 1.94. The van der Waals surface area contributed by atoms with Crippen LogP contribution in [0.3, 0.4) is 0 Å². The third-order valence-electron chi connectivity index (χ3n) is 2.99. The fourth-order valence-corrected chi connectivity index (χ4v) is 2.32. The van der Waals surface area contributed by atoms with E-state index in [0.29, 0.717) is 17.1 Å². The van der Waals surface area contributed by atoms with Crippen LogP contribution in [0.15, 0.2) is 47.4 Å². The van der Waals surface area contributed by atoms with Crippen LogP contribution in [0.4, 0.5) is 17.1 Å². The molecular weight excluding hydrogens is 298 g/mol. The van der Waals surface area contributed by atoms with Gasteiger partial charge in [-0.05, 0) is 49.1 Å². The Balaban J connectivity index is 2.04. The lowest BCUT2D eigenvalue weighted by molar-refractivity contribution is -0.132. The second-order valence-electron chi connectivity index (χ2n) is 4.73. The molecule has 0 unspecified atom stereocenters. The molecule has 0 spiro atoms. The maximum atomic E-state index is 11.9. The van der Waals surface area contributed by atoms with Gasteiger partial charge in [0.1, 0.15) is 0 Å². The van der Waals surface area contributed by atoms with Crippen LogP contribution < -0.4 is 16.4 Å². The Labute approximate surface area is 133 Å². The summed E-state index contributed by atoms with van der Waals surface area (Å²) in [5, 5.41) is 5.07. The number of anilines is 3. The summed E-state index contributed by atoms with van der Waals surface area (Å²) in [6.45, 7) is 1.90. The number of carbonyl (C=O) groups excluding carboxylic acids is 2. The van der Waals surface area contributed by atoms with E-state index in [2.05, 4.69) is 10.6 Å². The number of benzene rings is 2. The Kier molecular flexibility index (Phi) is 5.06. The van der Waals surface area contributed by atoms with E-state index in [4.69, 9.17) is 5.73 Å². The van der Waals surface area contributed by atoms with Crippen molar-refractivity contribution in [3.8, 4) is 0 Å². The van der Waals surface area contributed by atoms with Gasteiger partial charge in [0, 0.05) is 10.6 Å². The molecule has 2 rings (SSSR count). The Morgan fingerprint density at radius 3 is 2.45 bits per heavy atom. The monoisotopic (exact) mass is 315 g/mol. The predicted molar refractivity (Wildman–Crippen MR) is 91.1 cm³/mol. The van der Waals surface area contributed by atoms with Crippen molar-refractivity contribution in [2.24, 2.45) is 0 Å². The Morgan fingerprint density at radius 1 is 1.05 bits per heavy atom. The first-order chi connectivity index (χ1) is 10.5. The van der Waals surface area contributed by atoms with Gasteiger partial charge >= 0.3 is 11.8 Å². The van der Waals surface area contributed by atoms with Gasteiger partial charge in [-0.1, -0.05) is 12.1 Å². The van der Waals surface area contributed by atoms with Gasteiger partial charge in [-0.2, -0.15) is 0 Å². The summed E-state index contributed by atoms with van der Waals surface area (Å²) in [5.74, 6) is -1.50. The average molecular weight is 315 g/mol. The molecule has 6 heteroatoms. The second-order valence-corrected chi connectivity index (χ2v) is 5.61. The zero-order valence-electron chi connectivity index (χ0n) is 12.3. The normalized spacial score (nSPS) is 10.1. The minimum Gasteiger partial charge on any atom is -0.397 e. The SMILES string of the molecule is CSc1cccc(NC(=O)C(=O)Nc2ccc(C)cc2N)c1. The highest BCUT2D eigenvalue weighted by Crippen LogP contribution is 2.20. The number of carbonyl (C=O) groups is 2. The van der Waals surface area contributed by atoms with Crippen molar-refractivity contribution in [3.05, 3.63) is 48.0 Å². The van der Waals surface area contributed by atoms with E-state index in [1.165, 1.54) is 0 Å². The van der Waals surface area contributed by atoms with Gasteiger partial charge in [0.2, 0.25) is 0 Å². The van der Waals surface area contributed by atoms with Gasteiger partial charge in [-0.15, -0.1) is 11.8 Å². The van der Waals surface area contributed by atoms with E-state index >= 15 is 0 Å². The van der Waals surface area contributed by atoms with Crippen molar-refractivity contribution in [2.75, 3.05) is 22.6 Å². The largest absolute Gasteiger partial charge is 0.397 e. The quantitative estimate of drug-likeness (QED) is 0.462. The van der Waals surface area contributed by atoms with Gasteiger partial charge in [-0.25, -0.2) is 0 Å². The summed E-state index contributed by atoms with van der Waals surface area (Å²) in [5.41, 5.74) is 8.21. The summed E-state index contributed by atoms with van der Waals surface area (Å²) in [4.78, 5) is 24.8. The van der Waals surface area contributed by atoms with E-state index in [-0.39, 0.29) is 0 Å². The van der Waals surface area contributed by atoms with E-state index in [9.17, 15) is 9.59 Å². The minimum atomic E-state index is -0.759. The molecule has 0 aromatic heterocycles. The van der Waals surface area contributed by atoms with Crippen LogP contribution in [0.5, 0.6) is 0 Å². The van der Waals surface area contributed by atoms with Crippen LogP contribution >= 0.6 is 11.8 Å². The van der Waals surface area contributed by atoms with Crippen molar-refractivity contribution in [1.29, 1.82) is 0 Å². The molecule has 0 saturated carbocycles. The highest BCUT2D eigenvalue weighted by Gasteiger charge is 2.15. The number of aryl methyl sites for hydroxylation is 1. The number of thioether (sulfide) groups is 1. The van der Waals surface area contributed by atoms with Crippen LogP contribution in [0.2, 0.25) is 0 Å². The number of nitrogen functional groups attached to an aromatic ring is 1. The maximum Gasteiger partial charge on any atom is 0.314 e. The van der Waals surface area contributed by atoms with Gasteiger partial charge in [0.05, 0.1) is 11.4 Å². The third kappa shape index (κ3) is 4.02. The highest BCUT2D eigenvalue weighted by atomic mass is 32.2.